The topological polar surface area (TPSA) is 35.9 Å². The van der Waals surface area contributed by atoms with Crippen molar-refractivity contribution in [2.45, 2.75) is 31.7 Å². The monoisotopic (exact) mass is 368 g/mol. The number of rotatable bonds is 7. The van der Waals surface area contributed by atoms with E-state index in [1.807, 2.05) is 30.0 Å². The van der Waals surface area contributed by atoms with E-state index in [4.69, 9.17) is 4.74 Å². The Morgan fingerprint density at radius 1 is 1.12 bits per heavy atom. The Hall–Kier alpha value is -0.820. The maximum Gasteiger partial charge on any atom is 0.123 e. The number of hydrogen-bond acceptors (Lipinski definition) is 5. The third-order valence-corrected chi connectivity index (χ3v) is 5.83. The van der Waals surface area contributed by atoms with Gasteiger partial charge in [-0.25, -0.2) is 4.39 Å². The molecule has 0 aromatic heterocycles. The predicted octanol–water partition coefficient (Wildman–Crippen LogP) is 2.41. The first-order valence-corrected chi connectivity index (χ1v) is 10.4. The van der Waals surface area contributed by atoms with Gasteiger partial charge >= 0.3 is 0 Å². The van der Waals surface area contributed by atoms with Crippen LogP contribution in [0.1, 0.15) is 18.4 Å². The van der Waals surface area contributed by atoms with E-state index < -0.39 is 12.3 Å². The van der Waals surface area contributed by atoms with Gasteiger partial charge in [0.2, 0.25) is 0 Å². The normalized spacial score (nSPS) is 22.0. The van der Waals surface area contributed by atoms with Crippen molar-refractivity contribution < 1.29 is 14.2 Å². The lowest BCUT2D eigenvalue weighted by Crippen LogP contribution is -2.40. The molecule has 0 saturated carbocycles. The van der Waals surface area contributed by atoms with E-state index >= 15 is 0 Å². The molecule has 25 heavy (non-hydrogen) atoms. The van der Waals surface area contributed by atoms with Gasteiger partial charge in [0.25, 0.3) is 0 Å². The molecule has 6 heteroatoms. The van der Waals surface area contributed by atoms with Gasteiger partial charge in [-0.3, -0.25) is 9.80 Å². The molecule has 0 spiro atoms. The lowest BCUT2D eigenvalue weighted by Gasteiger charge is -2.29. The fourth-order valence-corrected chi connectivity index (χ4v) is 4.37. The minimum Gasteiger partial charge on any atom is -0.491 e. The van der Waals surface area contributed by atoms with Crippen LogP contribution in [-0.4, -0.2) is 78.0 Å². The summed E-state index contributed by atoms with van der Waals surface area (Å²) in [5.41, 5.74) is 1.11. The highest BCUT2D eigenvalue weighted by Crippen LogP contribution is 2.23. The van der Waals surface area contributed by atoms with Gasteiger partial charge in [-0.2, -0.15) is 11.8 Å². The van der Waals surface area contributed by atoms with E-state index in [0.717, 1.165) is 55.5 Å². The molecule has 1 aromatic rings. The number of piperidine rings is 1. The Morgan fingerprint density at radius 3 is 2.60 bits per heavy atom. The van der Waals surface area contributed by atoms with Crippen molar-refractivity contribution in [1.82, 2.24) is 9.80 Å². The zero-order valence-electron chi connectivity index (χ0n) is 14.8. The van der Waals surface area contributed by atoms with Crippen molar-refractivity contribution in [2.75, 3.05) is 50.8 Å². The summed E-state index contributed by atoms with van der Waals surface area (Å²) < 4.78 is 19.2. The minimum atomic E-state index is -0.647. The van der Waals surface area contributed by atoms with Crippen molar-refractivity contribution in [1.29, 1.82) is 0 Å². The quantitative estimate of drug-likeness (QED) is 0.800. The summed E-state index contributed by atoms with van der Waals surface area (Å²) >= 11 is 1.97. The molecule has 140 valence electrons. The summed E-state index contributed by atoms with van der Waals surface area (Å²) in [6, 6.07) is 7.99. The second-order valence-electron chi connectivity index (χ2n) is 6.94. The Balaban J connectivity index is 1.48. The number of hydrogen-bond donors (Lipinski definition) is 1. The van der Waals surface area contributed by atoms with Crippen molar-refractivity contribution in [3.05, 3.63) is 29.8 Å². The van der Waals surface area contributed by atoms with E-state index in [-0.39, 0.29) is 0 Å². The minimum absolute atomic E-state index is 0.313. The third-order valence-electron chi connectivity index (χ3n) is 4.89. The molecular weight excluding hydrogens is 339 g/mol. The van der Waals surface area contributed by atoms with Crippen LogP contribution in [0.2, 0.25) is 0 Å². The highest BCUT2D eigenvalue weighted by Gasteiger charge is 2.20. The molecule has 1 N–H and O–H groups in total. The SMILES string of the molecule is OC(COc1ccccc1CN1CCC(F)CC1)CN1CCSCC1. The number of alkyl halides is 1. The maximum absolute atomic E-state index is 13.3. The summed E-state index contributed by atoms with van der Waals surface area (Å²) in [7, 11) is 0. The van der Waals surface area contributed by atoms with Gasteiger partial charge in [-0.15, -0.1) is 0 Å². The number of para-hydroxylation sites is 1. The van der Waals surface area contributed by atoms with E-state index in [1.54, 1.807) is 0 Å². The largest absolute Gasteiger partial charge is 0.491 e. The summed E-state index contributed by atoms with van der Waals surface area (Å²) in [6.07, 6.45) is 0.121. The second kappa shape index (κ2) is 9.76. The lowest BCUT2D eigenvalue weighted by molar-refractivity contribution is 0.0705. The smallest absolute Gasteiger partial charge is 0.123 e. The fourth-order valence-electron chi connectivity index (χ4n) is 3.40. The van der Waals surface area contributed by atoms with Crippen LogP contribution in [0.4, 0.5) is 4.39 Å². The van der Waals surface area contributed by atoms with Crippen molar-refractivity contribution >= 4 is 11.8 Å². The van der Waals surface area contributed by atoms with Crippen molar-refractivity contribution in [3.63, 3.8) is 0 Å². The van der Waals surface area contributed by atoms with Gasteiger partial charge in [0.05, 0.1) is 0 Å². The summed E-state index contributed by atoms with van der Waals surface area (Å²) in [4.78, 5) is 4.58. The maximum atomic E-state index is 13.3. The van der Waals surface area contributed by atoms with Crippen molar-refractivity contribution in [3.8, 4) is 5.75 Å². The zero-order valence-corrected chi connectivity index (χ0v) is 15.6. The molecule has 0 amide bonds. The van der Waals surface area contributed by atoms with E-state index in [2.05, 4.69) is 15.9 Å². The van der Waals surface area contributed by atoms with Gasteiger partial charge in [0.15, 0.2) is 0 Å². The van der Waals surface area contributed by atoms with Crippen LogP contribution in [0.25, 0.3) is 0 Å². The number of likely N-dealkylation sites (tertiary alicyclic amines) is 1. The average molecular weight is 369 g/mol. The molecule has 1 aromatic carbocycles. The summed E-state index contributed by atoms with van der Waals surface area (Å²) in [6.45, 7) is 5.45. The van der Waals surface area contributed by atoms with Crippen LogP contribution in [-0.2, 0) is 6.54 Å². The molecule has 2 heterocycles. The van der Waals surface area contributed by atoms with Gasteiger partial charge < -0.3 is 9.84 Å². The molecule has 0 bridgehead atoms. The Bertz CT molecular complexity index is 520. The standard InChI is InChI=1S/C19H29FN2O2S/c20-17-5-7-21(8-6-17)13-16-3-1-2-4-19(16)24-15-18(23)14-22-9-11-25-12-10-22/h1-4,17-18,23H,5-15H2. The Morgan fingerprint density at radius 2 is 1.84 bits per heavy atom. The first-order chi connectivity index (χ1) is 12.2. The van der Waals surface area contributed by atoms with E-state index in [9.17, 15) is 9.50 Å². The highest BCUT2D eigenvalue weighted by molar-refractivity contribution is 7.99. The fraction of sp³-hybridized carbons (Fsp3) is 0.684. The van der Waals surface area contributed by atoms with Crippen LogP contribution >= 0.6 is 11.8 Å². The van der Waals surface area contributed by atoms with Crippen LogP contribution in [0.5, 0.6) is 5.75 Å². The molecule has 3 rings (SSSR count). The van der Waals surface area contributed by atoms with Gasteiger partial charge in [0.1, 0.15) is 24.6 Å². The molecule has 0 aliphatic carbocycles. The summed E-state index contributed by atoms with van der Waals surface area (Å²) in [5, 5.41) is 10.3. The third kappa shape index (κ3) is 6.13. The number of thioether (sulfide) groups is 1. The number of aliphatic hydroxyl groups excluding tert-OH is 1. The molecule has 2 saturated heterocycles. The second-order valence-corrected chi connectivity index (χ2v) is 8.16. The van der Waals surface area contributed by atoms with E-state index in [1.165, 1.54) is 0 Å². The van der Waals surface area contributed by atoms with E-state index in [0.29, 0.717) is 26.0 Å². The van der Waals surface area contributed by atoms with Gasteiger partial charge in [-0.1, -0.05) is 18.2 Å². The first-order valence-electron chi connectivity index (χ1n) is 9.26. The lowest BCUT2D eigenvalue weighted by atomic mass is 10.1. The van der Waals surface area contributed by atoms with Crippen LogP contribution in [0.3, 0.4) is 0 Å². The molecule has 2 aliphatic heterocycles. The number of benzene rings is 1. The number of ether oxygens (including phenoxy) is 1. The molecule has 2 aliphatic rings. The Labute approximate surface area is 154 Å². The number of β-amino-alcohol motifs (C(OH)–C–C–N with tert-alkyl or cyclic N) is 1. The van der Waals surface area contributed by atoms with Gasteiger partial charge in [0, 0.05) is 56.3 Å². The molecule has 0 radical (unpaired) electrons. The van der Waals surface area contributed by atoms with Gasteiger partial charge in [-0.05, 0) is 18.9 Å². The van der Waals surface area contributed by atoms with Crippen molar-refractivity contribution in [2.24, 2.45) is 0 Å². The number of nitrogens with zero attached hydrogens (tertiary/aromatic N) is 2. The molecule has 1 unspecified atom stereocenters. The number of aliphatic hydroxyl groups is 1. The summed E-state index contributed by atoms with van der Waals surface area (Å²) in [5.74, 6) is 3.12. The van der Waals surface area contributed by atoms with Crippen LogP contribution < -0.4 is 4.74 Å². The zero-order chi connectivity index (χ0) is 17.5. The first kappa shape index (κ1) is 19.0. The number of halogens is 1. The molecular formula is C19H29FN2O2S. The van der Waals surface area contributed by atoms with Crippen LogP contribution in [0.15, 0.2) is 24.3 Å². The molecule has 1 atom stereocenters. The molecule has 4 nitrogen and oxygen atoms in total. The molecule has 2 fully saturated rings. The average Bonchev–Trinajstić information content (AvgIpc) is 2.64. The Kier molecular flexibility index (Phi) is 7.40. The highest BCUT2D eigenvalue weighted by atomic mass is 32.2. The van der Waals surface area contributed by atoms with Crippen LogP contribution in [0, 0.1) is 0 Å². The predicted molar refractivity (Wildman–Crippen MR) is 101 cm³/mol.